The number of ether oxygens (including phenoxy) is 3. The zero-order valence-corrected chi connectivity index (χ0v) is 20.6. The molecule has 1 saturated heterocycles. The predicted octanol–water partition coefficient (Wildman–Crippen LogP) is 4.79. The highest BCUT2D eigenvalue weighted by atomic mass is 16.5. The summed E-state index contributed by atoms with van der Waals surface area (Å²) >= 11 is 0. The lowest BCUT2D eigenvalue weighted by atomic mass is 9.94. The van der Waals surface area contributed by atoms with Gasteiger partial charge in [0.25, 0.3) is 5.78 Å². The third-order valence-electron chi connectivity index (χ3n) is 6.33. The molecule has 9 nitrogen and oxygen atoms in total. The van der Waals surface area contributed by atoms with E-state index in [4.69, 9.17) is 18.7 Å². The monoisotopic (exact) mass is 500 g/mol. The van der Waals surface area contributed by atoms with Crippen LogP contribution in [0.5, 0.6) is 17.2 Å². The first kappa shape index (κ1) is 23.9. The maximum atomic E-state index is 13.4. The molecule has 188 valence electrons. The minimum Gasteiger partial charge on any atom is -0.507 e. The largest absolute Gasteiger partial charge is 0.507 e. The molecule has 0 saturated carbocycles. The Morgan fingerprint density at radius 2 is 1.59 bits per heavy atom. The van der Waals surface area contributed by atoms with E-state index in [1.807, 2.05) is 30.3 Å². The third-order valence-corrected chi connectivity index (χ3v) is 6.33. The van der Waals surface area contributed by atoms with Gasteiger partial charge in [0.1, 0.15) is 11.5 Å². The van der Waals surface area contributed by atoms with Crippen LogP contribution in [0, 0.1) is 6.92 Å². The van der Waals surface area contributed by atoms with Crippen LogP contribution in [0.2, 0.25) is 0 Å². The highest BCUT2D eigenvalue weighted by Crippen LogP contribution is 2.47. The first-order valence-electron chi connectivity index (χ1n) is 11.4. The Morgan fingerprint density at radius 3 is 2.19 bits per heavy atom. The van der Waals surface area contributed by atoms with Gasteiger partial charge in [-0.3, -0.25) is 14.5 Å². The van der Waals surface area contributed by atoms with E-state index in [1.165, 1.54) is 26.2 Å². The molecule has 0 bridgehead atoms. The van der Waals surface area contributed by atoms with Gasteiger partial charge in [-0.2, -0.15) is 0 Å². The van der Waals surface area contributed by atoms with Crippen molar-refractivity contribution in [3.63, 3.8) is 0 Å². The molecule has 1 N–H and O–H groups in total. The fourth-order valence-corrected chi connectivity index (χ4v) is 4.60. The van der Waals surface area contributed by atoms with Gasteiger partial charge in [-0.15, -0.1) is 0 Å². The summed E-state index contributed by atoms with van der Waals surface area (Å²) in [5.74, 6) is -0.442. The minimum atomic E-state index is -1.05. The van der Waals surface area contributed by atoms with E-state index >= 15 is 0 Å². The number of anilines is 1. The van der Waals surface area contributed by atoms with Crippen molar-refractivity contribution in [1.82, 2.24) is 5.16 Å². The van der Waals surface area contributed by atoms with E-state index in [0.717, 1.165) is 10.8 Å². The average Bonchev–Trinajstić information content (AvgIpc) is 3.46. The number of ketones is 1. The van der Waals surface area contributed by atoms with Crippen LogP contribution in [0.3, 0.4) is 0 Å². The number of Topliss-reactive ketones (excluding diaryl/α,β-unsaturated/α-hetero) is 1. The van der Waals surface area contributed by atoms with Gasteiger partial charge in [0.05, 0.1) is 32.9 Å². The molecule has 0 aliphatic carbocycles. The summed E-state index contributed by atoms with van der Waals surface area (Å²) in [6.07, 6.45) is 0. The number of hydrogen-bond acceptors (Lipinski definition) is 8. The summed E-state index contributed by atoms with van der Waals surface area (Å²) < 4.78 is 21.6. The maximum absolute atomic E-state index is 13.4. The molecule has 1 aromatic heterocycles. The lowest BCUT2D eigenvalue weighted by molar-refractivity contribution is -0.132. The fraction of sp³-hybridized carbons (Fsp3) is 0.179. The SMILES string of the molecule is COc1cc([C@H]2/C(=C(\O)c3ccc4ccccc4c3)C(=O)C(=O)N2c2cc(C)on2)cc(OC)c1OC. The van der Waals surface area contributed by atoms with Crippen molar-refractivity contribution in [3.05, 3.63) is 83.1 Å². The van der Waals surface area contributed by atoms with Crippen LogP contribution in [-0.2, 0) is 9.59 Å². The first-order chi connectivity index (χ1) is 17.9. The second kappa shape index (κ2) is 9.34. The summed E-state index contributed by atoms with van der Waals surface area (Å²) in [4.78, 5) is 28.0. The molecule has 0 radical (unpaired) electrons. The molecule has 3 aromatic carbocycles. The van der Waals surface area contributed by atoms with Gasteiger partial charge in [0.15, 0.2) is 17.3 Å². The third kappa shape index (κ3) is 3.94. The number of rotatable bonds is 6. The van der Waals surface area contributed by atoms with Crippen LogP contribution >= 0.6 is 0 Å². The summed E-state index contributed by atoms with van der Waals surface area (Å²) in [6.45, 7) is 1.68. The van der Waals surface area contributed by atoms with Crippen molar-refractivity contribution in [2.75, 3.05) is 26.2 Å². The lowest BCUT2D eigenvalue weighted by Crippen LogP contribution is -2.29. The Balaban J connectivity index is 1.77. The van der Waals surface area contributed by atoms with Crippen LogP contribution in [0.25, 0.3) is 16.5 Å². The summed E-state index contributed by atoms with van der Waals surface area (Å²) in [5.41, 5.74) is 0.734. The van der Waals surface area contributed by atoms with E-state index in [2.05, 4.69) is 5.16 Å². The van der Waals surface area contributed by atoms with Gasteiger partial charge >= 0.3 is 5.91 Å². The summed E-state index contributed by atoms with van der Waals surface area (Å²) in [7, 11) is 4.41. The Morgan fingerprint density at radius 1 is 0.919 bits per heavy atom. The Labute approximate surface area is 212 Å². The van der Waals surface area contributed by atoms with Gasteiger partial charge < -0.3 is 23.8 Å². The van der Waals surface area contributed by atoms with Crippen LogP contribution in [0.4, 0.5) is 5.82 Å². The topological polar surface area (TPSA) is 111 Å². The first-order valence-corrected chi connectivity index (χ1v) is 11.4. The van der Waals surface area contributed by atoms with E-state index in [1.54, 1.807) is 37.3 Å². The molecule has 5 rings (SSSR count). The van der Waals surface area contributed by atoms with Crippen LogP contribution in [0.15, 0.2) is 70.8 Å². The second-order valence-corrected chi connectivity index (χ2v) is 8.49. The number of carbonyl (C=O) groups excluding carboxylic acids is 2. The molecule has 0 unspecified atom stereocenters. The van der Waals surface area contributed by atoms with Crippen LogP contribution in [0.1, 0.15) is 22.9 Å². The number of hydrogen-bond donors (Lipinski definition) is 1. The minimum absolute atomic E-state index is 0.102. The van der Waals surface area contributed by atoms with E-state index in [0.29, 0.717) is 34.1 Å². The molecule has 1 amide bonds. The van der Waals surface area contributed by atoms with Gasteiger partial charge in [-0.05, 0) is 41.5 Å². The Hall–Kier alpha value is -4.79. The van der Waals surface area contributed by atoms with Crippen molar-refractivity contribution in [2.45, 2.75) is 13.0 Å². The zero-order valence-electron chi connectivity index (χ0n) is 20.6. The van der Waals surface area contributed by atoms with Crippen molar-refractivity contribution < 1.29 is 33.4 Å². The van der Waals surface area contributed by atoms with Gasteiger partial charge in [0, 0.05) is 11.6 Å². The molecular weight excluding hydrogens is 476 g/mol. The number of benzene rings is 3. The maximum Gasteiger partial charge on any atom is 0.301 e. The number of fused-ring (bicyclic) bond motifs is 1. The van der Waals surface area contributed by atoms with Gasteiger partial charge in [0.2, 0.25) is 5.75 Å². The standard InChI is InChI=1S/C28H24N2O7/c1-15-11-22(29-37-15)30-24(19-13-20(34-2)27(36-4)21(14-19)35-3)23(26(32)28(30)33)25(31)18-10-9-16-7-5-6-8-17(16)12-18/h5-14,24,31H,1-4H3/b25-23+/t24-/m0/s1. The molecule has 37 heavy (non-hydrogen) atoms. The number of amides is 1. The van der Waals surface area contributed by atoms with Crippen LogP contribution < -0.4 is 19.1 Å². The zero-order chi connectivity index (χ0) is 26.3. The molecule has 1 fully saturated rings. The number of aliphatic hydroxyl groups is 1. The van der Waals surface area contributed by atoms with E-state index in [-0.39, 0.29) is 17.2 Å². The van der Waals surface area contributed by atoms with Gasteiger partial charge in [-0.25, -0.2) is 0 Å². The van der Waals surface area contributed by atoms with E-state index < -0.39 is 17.7 Å². The quantitative estimate of drug-likeness (QED) is 0.229. The summed E-state index contributed by atoms with van der Waals surface area (Å²) in [6, 6.07) is 16.7. The predicted molar refractivity (Wildman–Crippen MR) is 136 cm³/mol. The highest BCUT2D eigenvalue weighted by Gasteiger charge is 2.48. The van der Waals surface area contributed by atoms with Crippen molar-refractivity contribution in [2.24, 2.45) is 0 Å². The van der Waals surface area contributed by atoms with E-state index in [9.17, 15) is 14.7 Å². The molecular formula is C28H24N2O7. The number of carbonyl (C=O) groups is 2. The molecule has 1 aliphatic rings. The van der Waals surface area contributed by atoms with Gasteiger partial charge in [-0.1, -0.05) is 41.6 Å². The second-order valence-electron chi connectivity index (χ2n) is 8.49. The molecule has 4 aromatic rings. The number of methoxy groups -OCH3 is 3. The molecule has 0 spiro atoms. The fourth-order valence-electron chi connectivity index (χ4n) is 4.60. The van der Waals surface area contributed by atoms with Crippen molar-refractivity contribution >= 4 is 34.0 Å². The van der Waals surface area contributed by atoms with Crippen molar-refractivity contribution in [3.8, 4) is 17.2 Å². The number of nitrogens with zero attached hydrogens (tertiary/aromatic N) is 2. The molecule has 2 heterocycles. The molecule has 1 atom stereocenters. The average molecular weight is 501 g/mol. The Bertz CT molecular complexity index is 1540. The highest BCUT2D eigenvalue weighted by molar-refractivity contribution is 6.51. The van der Waals surface area contributed by atoms with Crippen LogP contribution in [-0.4, -0.2) is 43.3 Å². The number of aromatic nitrogens is 1. The number of aliphatic hydroxyl groups excluding tert-OH is 1. The van der Waals surface area contributed by atoms with Crippen molar-refractivity contribution in [1.29, 1.82) is 0 Å². The summed E-state index contributed by atoms with van der Waals surface area (Å²) in [5, 5.41) is 17.3. The smallest absolute Gasteiger partial charge is 0.301 e. The molecule has 9 heteroatoms. The Kier molecular flexibility index (Phi) is 6.04. The molecule has 1 aliphatic heterocycles. The normalized spacial score (nSPS) is 16.9. The number of aryl methyl sites for hydroxylation is 1. The lowest BCUT2D eigenvalue weighted by Gasteiger charge is -2.24.